The molecule has 0 aromatic heterocycles. The summed E-state index contributed by atoms with van der Waals surface area (Å²) in [6.07, 6.45) is 1.29. The molecular weight excluding hydrogens is 198 g/mol. The maximum atomic E-state index is 12.8. The van der Waals surface area contributed by atoms with Crippen LogP contribution in [0.25, 0.3) is 0 Å². The number of hydrogen-bond donors (Lipinski definition) is 0. The standard InChI is InChI=1S/C9H7ClF2O/c10-8-6(2-1-5-13)3-4-7(11)9(8)12/h3-5H,1-2H2. The number of benzene rings is 1. The fraction of sp³-hybridized carbons (Fsp3) is 0.222. The van der Waals surface area contributed by atoms with Gasteiger partial charge in [-0.1, -0.05) is 17.7 Å². The molecule has 0 saturated heterocycles. The SMILES string of the molecule is O=CCCc1ccc(F)c(F)c1Cl. The molecule has 1 nitrogen and oxygen atoms in total. The first kappa shape index (κ1) is 10.1. The van der Waals surface area contributed by atoms with Crippen molar-refractivity contribution in [1.82, 2.24) is 0 Å². The van der Waals surface area contributed by atoms with Gasteiger partial charge in [-0.05, 0) is 18.1 Å². The summed E-state index contributed by atoms with van der Waals surface area (Å²) in [5, 5.41) is -0.234. The predicted octanol–water partition coefficient (Wildman–Crippen LogP) is 2.75. The molecule has 13 heavy (non-hydrogen) atoms. The van der Waals surface area contributed by atoms with Crippen molar-refractivity contribution in [2.75, 3.05) is 0 Å². The zero-order valence-corrected chi connectivity index (χ0v) is 7.44. The molecule has 0 N–H and O–H groups in total. The molecule has 0 heterocycles. The van der Waals surface area contributed by atoms with E-state index in [1.165, 1.54) is 6.07 Å². The summed E-state index contributed by atoms with van der Waals surface area (Å²) in [6.45, 7) is 0. The molecule has 70 valence electrons. The Morgan fingerprint density at radius 2 is 2.08 bits per heavy atom. The average molecular weight is 205 g/mol. The van der Waals surface area contributed by atoms with Crippen molar-refractivity contribution in [3.63, 3.8) is 0 Å². The number of rotatable bonds is 3. The van der Waals surface area contributed by atoms with Gasteiger partial charge in [-0.15, -0.1) is 0 Å². The van der Waals surface area contributed by atoms with E-state index in [0.717, 1.165) is 6.07 Å². The normalized spacial score (nSPS) is 10.1. The minimum atomic E-state index is -1.05. The quantitative estimate of drug-likeness (QED) is 0.547. The number of aldehydes is 1. The lowest BCUT2D eigenvalue weighted by molar-refractivity contribution is -0.107. The number of carbonyl (C=O) groups is 1. The molecule has 0 bridgehead atoms. The molecule has 0 aliphatic carbocycles. The number of carbonyl (C=O) groups excluding carboxylic acids is 1. The highest BCUT2D eigenvalue weighted by atomic mass is 35.5. The Hall–Kier alpha value is -0.960. The molecule has 0 fully saturated rings. The number of halogens is 3. The summed E-state index contributed by atoms with van der Waals surface area (Å²) in [6, 6.07) is 2.38. The number of hydrogen-bond acceptors (Lipinski definition) is 1. The van der Waals surface area contributed by atoms with E-state index in [9.17, 15) is 13.6 Å². The molecule has 0 aliphatic heterocycles. The van der Waals surface area contributed by atoms with Crippen LogP contribution in [0.4, 0.5) is 8.78 Å². The molecule has 1 rings (SSSR count). The Labute approximate surface area is 79.3 Å². The van der Waals surface area contributed by atoms with Crippen molar-refractivity contribution >= 4 is 17.9 Å². The van der Waals surface area contributed by atoms with Gasteiger partial charge in [-0.3, -0.25) is 0 Å². The third-order valence-electron chi connectivity index (χ3n) is 1.65. The van der Waals surface area contributed by atoms with Crippen molar-refractivity contribution in [1.29, 1.82) is 0 Å². The van der Waals surface area contributed by atoms with E-state index in [-0.39, 0.29) is 11.4 Å². The van der Waals surface area contributed by atoms with Gasteiger partial charge < -0.3 is 4.79 Å². The van der Waals surface area contributed by atoms with Crippen molar-refractivity contribution in [2.24, 2.45) is 0 Å². The van der Waals surface area contributed by atoms with E-state index in [2.05, 4.69) is 0 Å². The second kappa shape index (κ2) is 4.33. The smallest absolute Gasteiger partial charge is 0.177 e. The Bertz CT molecular complexity index is 326. The Kier molecular flexibility index (Phi) is 3.37. The Morgan fingerprint density at radius 1 is 1.38 bits per heavy atom. The number of aryl methyl sites for hydroxylation is 1. The van der Waals surface area contributed by atoms with Crippen LogP contribution in [0.15, 0.2) is 12.1 Å². The molecule has 0 saturated carbocycles. The lowest BCUT2D eigenvalue weighted by Gasteiger charge is -2.02. The molecule has 4 heteroatoms. The highest BCUT2D eigenvalue weighted by molar-refractivity contribution is 6.31. The average Bonchev–Trinajstić information content (AvgIpc) is 2.13. The Morgan fingerprint density at radius 3 is 2.69 bits per heavy atom. The molecular formula is C9H7ClF2O. The molecule has 1 aromatic rings. The van der Waals surface area contributed by atoms with Crippen molar-refractivity contribution in [2.45, 2.75) is 12.8 Å². The van der Waals surface area contributed by atoms with Crippen LogP contribution in [-0.2, 0) is 11.2 Å². The first-order chi connectivity index (χ1) is 6.16. The topological polar surface area (TPSA) is 17.1 Å². The van der Waals surface area contributed by atoms with Crippen LogP contribution in [0.3, 0.4) is 0 Å². The largest absolute Gasteiger partial charge is 0.303 e. The summed E-state index contributed by atoms with van der Waals surface area (Å²) in [7, 11) is 0. The molecule has 0 radical (unpaired) electrons. The van der Waals surface area contributed by atoms with Crippen LogP contribution in [0.5, 0.6) is 0 Å². The molecule has 0 spiro atoms. The highest BCUT2D eigenvalue weighted by Gasteiger charge is 2.10. The maximum Gasteiger partial charge on any atom is 0.177 e. The minimum absolute atomic E-state index is 0.234. The Balaban J connectivity index is 2.96. The van der Waals surface area contributed by atoms with Gasteiger partial charge in [-0.25, -0.2) is 8.78 Å². The van der Waals surface area contributed by atoms with Crippen molar-refractivity contribution in [3.05, 3.63) is 34.4 Å². The van der Waals surface area contributed by atoms with E-state index in [1.54, 1.807) is 0 Å². The van der Waals surface area contributed by atoms with Gasteiger partial charge in [0, 0.05) is 6.42 Å². The van der Waals surface area contributed by atoms with E-state index < -0.39 is 11.6 Å². The van der Waals surface area contributed by atoms with Gasteiger partial charge in [-0.2, -0.15) is 0 Å². The summed E-state index contributed by atoms with van der Waals surface area (Å²) in [4.78, 5) is 10.0. The zero-order chi connectivity index (χ0) is 9.84. The zero-order valence-electron chi connectivity index (χ0n) is 6.69. The van der Waals surface area contributed by atoms with Gasteiger partial charge in [0.2, 0.25) is 0 Å². The fourth-order valence-corrected chi connectivity index (χ4v) is 1.22. The maximum absolute atomic E-state index is 12.8. The summed E-state index contributed by atoms with van der Waals surface area (Å²) < 4.78 is 25.4. The first-order valence-corrected chi connectivity index (χ1v) is 4.10. The van der Waals surface area contributed by atoms with Crippen molar-refractivity contribution in [3.8, 4) is 0 Å². The van der Waals surface area contributed by atoms with E-state index in [1.807, 2.05) is 0 Å². The van der Waals surface area contributed by atoms with Crippen LogP contribution in [0.1, 0.15) is 12.0 Å². The van der Waals surface area contributed by atoms with E-state index in [4.69, 9.17) is 11.6 Å². The van der Waals surface area contributed by atoms with Crippen LogP contribution in [-0.4, -0.2) is 6.29 Å². The molecule has 1 aromatic carbocycles. The van der Waals surface area contributed by atoms with Crippen LogP contribution in [0, 0.1) is 11.6 Å². The predicted molar refractivity (Wildman–Crippen MR) is 45.8 cm³/mol. The fourth-order valence-electron chi connectivity index (χ4n) is 0.973. The van der Waals surface area contributed by atoms with Gasteiger partial charge in [0.1, 0.15) is 6.29 Å². The van der Waals surface area contributed by atoms with Crippen molar-refractivity contribution < 1.29 is 13.6 Å². The molecule has 0 amide bonds. The molecule has 0 atom stereocenters. The molecule has 0 aliphatic rings. The summed E-state index contributed by atoms with van der Waals surface area (Å²) >= 11 is 5.50. The third-order valence-corrected chi connectivity index (χ3v) is 2.06. The first-order valence-electron chi connectivity index (χ1n) is 3.73. The van der Waals surface area contributed by atoms with Gasteiger partial charge in [0.15, 0.2) is 11.6 Å². The van der Waals surface area contributed by atoms with E-state index >= 15 is 0 Å². The van der Waals surface area contributed by atoms with Crippen LogP contribution < -0.4 is 0 Å². The summed E-state index contributed by atoms with van der Waals surface area (Å²) in [5.74, 6) is -2.02. The second-order valence-electron chi connectivity index (χ2n) is 2.54. The third kappa shape index (κ3) is 2.25. The van der Waals surface area contributed by atoms with Gasteiger partial charge >= 0.3 is 0 Å². The lowest BCUT2D eigenvalue weighted by atomic mass is 10.1. The monoisotopic (exact) mass is 204 g/mol. The summed E-state index contributed by atoms with van der Waals surface area (Å²) in [5.41, 5.74) is 0.452. The second-order valence-corrected chi connectivity index (χ2v) is 2.92. The minimum Gasteiger partial charge on any atom is -0.303 e. The van der Waals surface area contributed by atoms with Crippen LogP contribution in [0.2, 0.25) is 5.02 Å². The van der Waals surface area contributed by atoms with Gasteiger partial charge in [0.25, 0.3) is 0 Å². The van der Waals surface area contributed by atoms with E-state index in [0.29, 0.717) is 18.3 Å². The molecule has 0 unspecified atom stereocenters. The highest BCUT2D eigenvalue weighted by Crippen LogP contribution is 2.23. The lowest BCUT2D eigenvalue weighted by Crippen LogP contribution is -1.93. The van der Waals surface area contributed by atoms with Crippen LogP contribution >= 0.6 is 11.6 Å². The van der Waals surface area contributed by atoms with Gasteiger partial charge in [0.05, 0.1) is 5.02 Å².